The Balaban J connectivity index is 1.81. The summed E-state index contributed by atoms with van der Waals surface area (Å²) in [5.74, 6) is 0.766. The van der Waals surface area contributed by atoms with Crippen LogP contribution in [0.3, 0.4) is 0 Å². The molecule has 2 rings (SSSR count). The molecule has 2 saturated heterocycles. The second-order valence-corrected chi connectivity index (χ2v) is 5.38. The fraction of sp³-hybridized carbons (Fsp3) is 0.923. The van der Waals surface area contributed by atoms with Crippen molar-refractivity contribution in [1.82, 2.24) is 10.2 Å². The first-order chi connectivity index (χ1) is 8.22. The summed E-state index contributed by atoms with van der Waals surface area (Å²) in [5, 5.41) is 12.5. The first-order valence-electron chi connectivity index (χ1n) is 6.87. The maximum atomic E-state index is 12.1. The zero-order chi connectivity index (χ0) is 12.3. The topological polar surface area (TPSA) is 52.6 Å². The molecule has 0 aliphatic carbocycles. The second kappa shape index (κ2) is 5.83. The van der Waals surface area contributed by atoms with Gasteiger partial charge in [0, 0.05) is 31.6 Å². The highest BCUT2D eigenvalue weighted by molar-refractivity contribution is 5.76. The third kappa shape index (κ3) is 3.19. The van der Waals surface area contributed by atoms with Crippen molar-refractivity contribution >= 4 is 5.91 Å². The molecule has 4 nitrogen and oxygen atoms in total. The Morgan fingerprint density at radius 3 is 2.53 bits per heavy atom. The number of fused-ring (bicyclic) bond motifs is 2. The van der Waals surface area contributed by atoms with Gasteiger partial charge in [0.1, 0.15) is 0 Å². The normalized spacial score (nSPS) is 31.5. The number of nitrogens with one attached hydrogen (secondary N) is 1. The van der Waals surface area contributed by atoms with Crippen LogP contribution in [0.15, 0.2) is 0 Å². The number of nitrogens with zero attached hydrogens (tertiary/aromatic N) is 1. The number of piperidine rings is 1. The molecule has 2 atom stereocenters. The highest BCUT2D eigenvalue weighted by atomic mass is 16.3. The third-order valence-corrected chi connectivity index (χ3v) is 4.14. The fourth-order valence-electron chi connectivity index (χ4n) is 3.30. The standard InChI is InChI=1S/C13H24N2O2/c1-2-15(5-6-16)13(17)9-10-7-11-3-4-12(8-10)14-11/h10-12,14,16H,2-9H2,1H3. The van der Waals surface area contributed by atoms with E-state index in [2.05, 4.69) is 5.32 Å². The number of hydrogen-bond donors (Lipinski definition) is 2. The van der Waals surface area contributed by atoms with E-state index in [1.807, 2.05) is 6.92 Å². The Kier molecular flexibility index (Phi) is 4.40. The monoisotopic (exact) mass is 240 g/mol. The number of aliphatic hydroxyl groups is 1. The first kappa shape index (κ1) is 12.8. The van der Waals surface area contributed by atoms with Gasteiger partial charge in [0.15, 0.2) is 0 Å². The molecule has 2 heterocycles. The molecule has 2 aliphatic heterocycles. The molecule has 4 heteroatoms. The molecule has 2 unspecified atom stereocenters. The fourth-order valence-corrected chi connectivity index (χ4v) is 3.30. The van der Waals surface area contributed by atoms with Gasteiger partial charge >= 0.3 is 0 Å². The van der Waals surface area contributed by atoms with Crippen molar-refractivity contribution in [3.63, 3.8) is 0 Å². The quantitative estimate of drug-likeness (QED) is 0.745. The van der Waals surface area contributed by atoms with Crippen LogP contribution in [0, 0.1) is 5.92 Å². The van der Waals surface area contributed by atoms with Gasteiger partial charge in [-0.1, -0.05) is 0 Å². The van der Waals surface area contributed by atoms with Crippen molar-refractivity contribution < 1.29 is 9.90 Å². The number of likely N-dealkylation sites (N-methyl/N-ethyl adjacent to an activating group) is 1. The molecule has 2 aliphatic rings. The van der Waals surface area contributed by atoms with Crippen molar-refractivity contribution in [2.75, 3.05) is 19.7 Å². The van der Waals surface area contributed by atoms with Gasteiger partial charge in [-0.25, -0.2) is 0 Å². The number of carbonyl (C=O) groups is 1. The summed E-state index contributed by atoms with van der Waals surface area (Å²) >= 11 is 0. The third-order valence-electron chi connectivity index (χ3n) is 4.14. The zero-order valence-electron chi connectivity index (χ0n) is 10.7. The minimum atomic E-state index is 0.0665. The SMILES string of the molecule is CCN(CCO)C(=O)CC1CC2CCC(C1)N2. The summed E-state index contributed by atoms with van der Waals surface area (Å²) in [6, 6.07) is 1.30. The van der Waals surface area contributed by atoms with Gasteiger partial charge < -0.3 is 15.3 Å². The summed E-state index contributed by atoms with van der Waals surface area (Å²) in [5.41, 5.74) is 0. The first-order valence-corrected chi connectivity index (χ1v) is 6.87. The lowest BCUT2D eigenvalue weighted by Gasteiger charge is -2.30. The molecule has 0 spiro atoms. The minimum absolute atomic E-state index is 0.0665. The molecule has 0 aromatic rings. The molecular formula is C13H24N2O2. The Hall–Kier alpha value is -0.610. The molecule has 0 radical (unpaired) electrons. The molecule has 2 fully saturated rings. The van der Waals surface area contributed by atoms with Crippen LogP contribution >= 0.6 is 0 Å². The summed E-state index contributed by atoms with van der Waals surface area (Å²) in [7, 11) is 0. The van der Waals surface area contributed by atoms with E-state index in [0.717, 1.165) is 12.8 Å². The van der Waals surface area contributed by atoms with E-state index in [-0.39, 0.29) is 12.5 Å². The Morgan fingerprint density at radius 2 is 2.00 bits per heavy atom. The Bertz CT molecular complexity index is 258. The van der Waals surface area contributed by atoms with E-state index in [1.165, 1.54) is 12.8 Å². The van der Waals surface area contributed by atoms with Crippen molar-refractivity contribution in [1.29, 1.82) is 0 Å². The van der Waals surface area contributed by atoms with Gasteiger partial charge in [-0.15, -0.1) is 0 Å². The van der Waals surface area contributed by atoms with Gasteiger partial charge in [-0.2, -0.15) is 0 Å². The van der Waals surface area contributed by atoms with E-state index in [0.29, 0.717) is 37.5 Å². The number of aliphatic hydroxyl groups excluding tert-OH is 1. The molecule has 0 saturated carbocycles. The van der Waals surface area contributed by atoms with E-state index < -0.39 is 0 Å². The Labute approximate surface area is 103 Å². The molecule has 1 amide bonds. The summed E-state index contributed by atoms with van der Waals surface area (Å²) < 4.78 is 0. The summed E-state index contributed by atoms with van der Waals surface area (Å²) in [6.07, 6.45) is 5.54. The van der Waals surface area contributed by atoms with E-state index in [9.17, 15) is 4.79 Å². The van der Waals surface area contributed by atoms with Crippen LogP contribution in [-0.4, -0.2) is 47.7 Å². The van der Waals surface area contributed by atoms with Gasteiger partial charge in [0.25, 0.3) is 0 Å². The number of hydrogen-bond acceptors (Lipinski definition) is 3. The molecule has 2 bridgehead atoms. The van der Waals surface area contributed by atoms with Crippen LogP contribution in [-0.2, 0) is 4.79 Å². The maximum absolute atomic E-state index is 12.1. The maximum Gasteiger partial charge on any atom is 0.222 e. The zero-order valence-corrected chi connectivity index (χ0v) is 10.7. The van der Waals surface area contributed by atoms with Crippen LogP contribution in [0.2, 0.25) is 0 Å². The van der Waals surface area contributed by atoms with Crippen LogP contribution in [0.4, 0.5) is 0 Å². The summed E-state index contributed by atoms with van der Waals surface area (Å²) in [6.45, 7) is 3.22. The van der Waals surface area contributed by atoms with Gasteiger partial charge in [-0.3, -0.25) is 4.79 Å². The lowest BCUT2D eigenvalue weighted by atomic mass is 9.89. The number of carbonyl (C=O) groups excluding carboxylic acids is 1. The molecule has 98 valence electrons. The highest BCUT2D eigenvalue weighted by Gasteiger charge is 2.34. The van der Waals surface area contributed by atoms with E-state index in [4.69, 9.17) is 5.11 Å². The van der Waals surface area contributed by atoms with Crippen molar-refractivity contribution in [2.45, 2.75) is 51.1 Å². The van der Waals surface area contributed by atoms with Gasteiger partial charge in [0.05, 0.1) is 6.61 Å². The largest absolute Gasteiger partial charge is 0.395 e. The summed E-state index contributed by atoms with van der Waals surface area (Å²) in [4.78, 5) is 13.8. The highest BCUT2D eigenvalue weighted by Crippen LogP contribution is 2.32. The predicted molar refractivity (Wildman–Crippen MR) is 66.6 cm³/mol. The average Bonchev–Trinajstić information content (AvgIpc) is 2.65. The van der Waals surface area contributed by atoms with Crippen LogP contribution in [0.1, 0.15) is 39.0 Å². The molecule has 0 aromatic heterocycles. The molecule has 0 aromatic carbocycles. The number of rotatable bonds is 5. The second-order valence-electron chi connectivity index (χ2n) is 5.38. The number of amides is 1. The van der Waals surface area contributed by atoms with Crippen LogP contribution in [0.25, 0.3) is 0 Å². The van der Waals surface area contributed by atoms with Crippen LogP contribution in [0.5, 0.6) is 0 Å². The average molecular weight is 240 g/mol. The van der Waals surface area contributed by atoms with E-state index in [1.54, 1.807) is 4.90 Å². The predicted octanol–water partition coefficient (Wildman–Crippen LogP) is 0.748. The lowest BCUT2D eigenvalue weighted by Crippen LogP contribution is -2.41. The van der Waals surface area contributed by atoms with E-state index >= 15 is 0 Å². The van der Waals surface area contributed by atoms with Crippen molar-refractivity contribution in [3.8, 4) is 0 Å². The molecule has 2 N–H and O–H groups in total. The minimum Gasteiger partial charge on any atom is -0.395 e. The van der Waals surface area contributed by atoms with Crippen molar-refractivity contribution in [2.24, 2.45) is 5.92 Å². The van der Waals surface area contributed by atoms with Gasteiger partial charge in [-0.05, 0) is 38.5 Å². The molecule has 17 heavy (non-hydrogen) atoms. The Morgan fingerprint density at radius 1 is 1.35 bits per heavy atom. The van der Waals surface area contributed by atoms with Crippen LogP contribution < -0.4 is 5.32 Å². The van der Waals surface area contributed by atoms with Gasteiger partial charge in [0.2, 0.25) is 5.91 Å². The smallest absolute Gasteiger partial charge is 0.222 e. The molecular weight excluding hydrogens is 216 g/mol. The lowest BCUT2D eigenvalue weighted by molar-refractivity contribution is -0.132. The van der Waals surface area contributed by atoms with Crippen molar-refractivity contribution in [3.05, 3.63) is 0 Å².